The first kappa shape index (κ1) is 13.4. The Morgan fingerprint density at radius 1 is 1.21 bits per heavy atom. The second kappa shape index (κ2) is 5.72. The van der Waals surface area contributed by atoms with E-state index < -0.39 is 10.0 Å². The van der Waals surface area contributed by atoms with Gasteiger partial charge in [-0.3, -0.25) is 4.98 Å². The predicted octanol–water partition coefficient (Wildman–Crippen LogP) is -0.0252. The minimum Gasteiger partial charge on any atom is -0.368 e. The molecule has 2 rings (SSSR count). The highest BCUT2D eigenvalue weighted by atomic mass is 32.2. The van der Waals surface area contributed by atoms with Crippen molar-refractivity contribution >= 4 is 16.0 Å². The average molecular weight is 279 g/mol. The van der Waals surface area contributed by atoms with Crippen LogP contribution in [0.3, 0.4) is 0 Å². The van der Waals surface area contributed by atoms with Gasteiger partial charge in [0.2, 0.25) is 16.0 Å². The summed E-state index contributed by atoms with van der Waals surface area (Å²) in [6.07, 6.45) is 6.27. The van der Waals surface area contributed by atoms with Crippen LogP contribution in [0.2, 0.25) is 0 Å². The smallest absolute Gasteiger partial charge is 0.243 e. The molecule has 0 unspecified atom stereocenters. The van der Waals surface area contributed by atoms with Crippen molar-refractivity contribution in [2.45, 2.75) is 11.3 Å². The summed E-state index contributed by atoms with van der Waals surface area (Å²) in [4.78, 5) is 11.2. The van der Waals surface area contributed by atoms with Crippen LogP contribution in [0.25, 0.3) is 0 Å². The van der Waals surface area contributed by atoms with Crippen molar-refractivity contribution in [1.82, 2.24) is 19.7 Å². The number of rotatable bonds is 5. The quantitative estimate of drug-likeness (QED) is 0.795. The highest BCUT2D eigenvalue weighted by Crippen LogP contribution is 2.06. The Hall–Kier alpha value is -2.06. The Morgan fingerprint density at radius 2 is 1.95 bits per heavy atom. The minimum atomic E-state index is -3.60. The highest BCUT2D eigenvalue weighted by molar-refractivity contribution is 7.89. The van der Waals surface area contributed by atoms with Crippen LogP contribution in [-0.4, -0.2) is 29.9 Å². The van der Waals surface area contributed by atoms with Crippen molar-refractivity contribution in [3.63, 3.8) is 0 Å². The van der Waals surface area contributed by atoms with Crippen molar-refractivity contribution < 1.29 is 8.42 Å². The van der Waals surface area contributed by atoms with Crippen LogP contribution in [0.1, 0.15) is 5.56 Å². The third-order valence-electron chi connectivity index (χ3n) is 2.39. The third kappa shape index (κ3) is 3.70. The molecule has 0 aromatic carbocycles. The van der Waals surface area contributed by atoms with Gasteiger partial charge in [-0.05, 0) is 18.1 Å². The van der Waals surface area contributed by atoms with E-state index >= 15 is 0 Å². The van der Waals surface area contributed by atoms with E-state index in [0.717, 1.165) is 5.56 Å². The molecule has 0 spiro atoms. The third-order valence-corrected chi connectivity index (χ3v) is 3.80. The number of nitrogen functional groups attached to an aromatic ring is 1. The van der Waals surface area contributed by atoms with Crippen LogP contribution in [0, 0.1) is 0 Å². The lowest BCUT2D eigenvalue weighted by atomic mass is 10.2. The lowest BCUT2D eigenvalue weighted by Gasteiger charge is -2.06. The highest BCUT2D eigenvalue weighted by Gasteiger charge is 2.14. The molecule has 0 fully saturated rings. The van der Waals surface area contributed by atoms with Gasteiger partial charge in [-0.2, -0.15) is 0 Å². The zero-order valence-corrected chi connectivity index (χ0v) is 10.8. The topological polar surface area (TPSA) is 111 Å². The number of anilines is 1. The molecule has 0 amide bonds. The van der Waals surface area contributed by atoms with Crippen molar-refractivity contribution in [2.75, 3.05) is 12.3 Å². The summed E-state index contributed by atoms with van der Waals surface area (Å²) in [5.74, 6) is 0.0364. The van der Waals surface area contributed by atoms with Gasteiger partial charge in [0, 0.05) is 18.9 Å². The Bertz CT molecular complexity index is 628. The Labute approximate surface area is 111 Å². The van der Waals surface area contributed by atoms with E-state index in [1.807, 2.05) is 6.07 Å². The van der Waals surface area contributed by atoms with Crippen LogP contribution in [0.4, 0.5) is 5.95 Å². The number of aromatic nitrogens is 3. The Morgan fingerprint density at radius 3 is 2.58 bits per heavy atom. The van der Waals surface area contributed by atoms with Crippen molar-refractivity contribution in [3.8, 4) is 0 Å². The van der Waals surface area contributed by atoms with Crippen molar-refractivity contribution in [2.24, 2.45) is 0 Å². The maximum absolute atomic E-state index is 11.9. The number of sulfonamides is 1. The number of nitrogens with two attached hydrogens (primary N) is 1. The predicted molar refractivity (Wildman–Crippen MR) is 69.6 cm³/mol. The molecular weight excluding hydrogens is 266 g/mol. The van der Waals surface area contributed by atoms with Gasteiger partial charge in [-0.1, -0.05) is 6.07 Å². The van der Waals surface area contributed by atoms with E-state index in [-0.39, 0.29) is 17.4 Å². The first-order valence-corrected chi connectivity index (χ1v) is 7.02. The SMILES string of the molecule is Nc1ncc(S(=O)(=O)NCCc2cccnc2)cn1. The first-order valence-electron chi connectivity index (χ1n) is 5.54. The minimum absolute atomic E-state index is 0.00659. The average Bonchev–Trinajstić information content (AvgIpc) is 2.40. The Kier molecular flexibility index (Phi) is 4.03. The van der Waals surface area contributed by atoms with Gasteiger partial charge in [0.25, 0.3) is 0 Å². The molecule has 0 saturated carbocycles. The van der Waals surface area contributed by atoms with E-state index in [1.165, 1.54) is 12.4 Å². The maximum atomic E-state index is 11.9. The fourth-order valence-electron chi connectivity index (χ4n) is 1.42. The molecule has 0 bridgehead atoms. The summed E-state index contributed by atoms with van der Waals surface area (Å²) in [5, 5.41) is 0. The Balaban J connectivity index is 1.97. The van der Waals surface area contributed by atoms with E-state index in [0.29, 0.717) is 6.42 Å². The number of pyridine rings is 1. The number of hydrogen-bond donors (Lipinski definition) is 2. The van der Waals surface area contributed by atoms with Gasteiger partial charge in [0.1, 0.15) is 4.90 Å². The van der Waals surface area contributed by atoms with E-state index in [2.05, 4.69) is 19.7 Å². The molecule has 19 heavy (non-hydrogen) atoms. The zero-order chi connectivity index (χ0) is 13.7. The number of nitrogens with one attached hydrogen (secondary N) is 1. The lowest BCUT2D eigenvalue weighted by molar-refractivity contribution is 0.580. The van der Waals surface area contributed by atoms with Gasteiger partial charge in [0.05, 0.1) is 12.4 Å². The van der Waals surface area contributed by atoms with Crippen LogP contribution in [0.5, 0.6) is 0 Å². The van der Waals surface area contributed by atoms with Crippen LogP contribution < -0.4 is 10.5 Å². The largest absolute Gasteiger partial charge is 0.368 e. The molecule has 100 valence electrons. The van der Waals surface area contributed by atoms with Gasteiger partial charge < -0.3 is 5.73 Å². The summed E-state index contributed by atoms with van der Waals surface area (Å²) < 4.78 is 26.2. The van der Waals surface area contributed by atoms with Crippen molar-refractivity contribution in [1.29, 1.82) is 0 Å². The van der Waals surface area contributed by atoms with Gasteiger partial charge in [-0.15, -0.1) is 0 Å². The summed E-state index contributed by atoms with van der Waals surface area (Å²) in [6.45, 7) is 0.276. The molecular formula is C11H13N5O2S. The summed E-state index contributed by atoms with van der Waals surface area (Å²) >= 11 is 0. The molecule has 0 radical (unpaired) electrons. The molecule has 2 heterocycles. The summed E-state index contributed by atoms with van der Waals surface area (Å²) in [6, 6.07) is 3.69. The first-order chi connectivity index (χ1) is 9.08. The molecule has 0 aliphatic carbocycles. The zero-order valence-electron chi connectivity index (χ0n) is 10.0. The monoisotopic (exact) mass is 279 g/mol. The standard InChI is InChI=1S/C11H13N5O2S/c12-11-14-7-10(8-15-11)19(17,18)16-5-3-9-2-1-4-13-6-9/h1-2,4,6-8,16H,3,5H2,(H2,12,14,15). The molecule has 3 N–H and O–H groups in total. The molecule has 0 saturated heterocycles. The number of nitrogens with zero attached hydrogens (tertiary/aromatic N) is 3. The van der Waals surface area contributed by atoms with Gasteiger partial charge in [-0.25, -0.2) is 23.1 Å². The van der Waals surface area contributed by atoms with Crippen LogP contribution in [-0.2, 0) is 16.4 Å². The number of hydrogen-bond acceptors (Lipinski definition) is 6. The molecule has 0 atom stereocenters. The summed E-state index contributed by atoms with van der Waals surface area (Å²) in [5.41, 5.74) is 6.26. The van der Waals surface area contributed by atoms with Crippen LogP contribution in [0.15, 0.2) is 41.8 Å². The maximum Gasteiger partial charge on any atom is 0.243 e. The molecule has 2 aromatic rings. The molecule has 0 aliphatic rings. The molecule has 2 aromatic heterocycles. The second-order valence-corrected chi connectivity index (χ2v) is 5.55. The van der Waals surface area contributed by atoms with Crippen molar-refractivity contribution in [3.05, 3.63) is 42.5 Å². The van der Waals surface area contributed by atoms with Crippen LogP contribution >= 0.6 is 0 Å². The second-order valence-electron chi connectivity index (χ2n) is 3.79. The fourth-order valence-corrected chi connectivity index (χ4v) is 2.34. The van der Waals surface area contributed by atoms with E-state index in [9.17, 15) is 8.42 Å². The van der Waals surface area contributed by atoms with E-state index in [4.69, 9.17) is 5.73 Å². The normalized spacial score (nSPS) is 11.4. The molecule has 8 heteroatoms. The van der Waals surface area contributed by atoms with Gasteiger partial charge >= 0.3 is 0 Å². The molecule has 7 nitrogen and oxygen atoms in total. The van der Waals surface area contributed by atoms with E-state index in [1.54, 1.807) is 18.5 Å². The fraction of sp³-hybridized carbons (Fsp3) is 0.182. The lowest BCUT2D eigenvalue weighted by Crippen LogP contribution is -2.26. The van der Waals surface area contributed by atoms with Gasteiger partial charge in [0.15, 0.2) is 0 Å². The molecule has 0 aliphatic heterocycles. The summed E-state index contributed by atoms with van der Waals surface area (Å²) in [7, 11) is -3.60.